The molecule has 2 aromatic carbocycles. The third-order valence-electron chi connectivity index (χ3n) is 4.38. The summed E-state index contributed by atoms with van der Waals surface area (Å²) in [6, 6.07) is 9.96. The first-order valence-electron chi connectivity index (χ1n) is 7.73. The van der Waals surface area contributed by atoms with Crippen LogP contribution in [0.4, 0.5) is 0 Å². The van der Waals surface area contributed by atoms with Crippen LogP contribution in [0.5, 0.6) is 0 Å². The summed E-state index contributed by atoms with van der Waals surface area (Å²) >= 11 is 6.32. The summed E-state index contributed by atoms with van der Waals surface area (Å²) in [6.45, 7) is 3.43. The van der Waals surface area contributed by atoms with Crippen LogP contribution in [-0.4, -0.2) is 15.0 Å². The minimum atomic E-state index is -3.62. The summed E-state index contributed by atoms with van der Waals surface area (Å²) in [7, 11) is -3.62. The van der Waals surface area contributed by atoms with E-state index in [1.807, 2.05) is 6.92 Å². The molecular weight excluding hydrogens is 381 g/mol. The maximum Gasteiger partial charge on any atom is 0.206 e. The van der Waals surface area contributed by atoms with E-state index < -0.39 is 9.84 Å². The highest BCUT2D eigenvalue weighted by Crippen LogP contribution is 2.36. The number of benzene rings is 2. The highest BCUT2D eigenvalue weighted by Gasteiger charge is 2.24. The monoisotopic (exact) mass is 397 g/mol. The Bertz CT molecular complexity index is 1040. The first-order valence-corrected chi connectivity index (χ1v) is 9.59. The van der Waals surface area contributed by atoms with Crippen molar-refractivity contribution < 1.29 is 12.8 Å². The van der Waals surface area contributed by atoms with Crippen molar-refractivity contribution in [2.75, 3.05) is 6.54 Å². The summed E-state index contributed by atoms with van der Waals surface area (Å²) in [4.78, 5) is 0.456. The number of furan rings is 1. The zero-order chi connectivity index (χ0) is 16.9. The molecule has 3 aromatic rings. The Balaban J connectivity index is 0.00000182. The molecule has 0 spiro atoms. The van der Waals surface area contributed by atoms with Crippen molar-refractivity contribution in [1.82, 2.24) is 5.32 Å². The predicted molar refractivity (Wildman–Crippen MR) is 101 cm³/mol. The van der Waals surface area contributed by atoms with Gasteiger partial charge in [0, 0.05) is 30.5 Å². The lowest BCUT2D eigenvalue weighted by Crippen LogP contribution is -2.22. The number of fused-ring (bicyclic) bond motifs is 3. The highest BCUT2D eigenvalue weighted by atomic mass is 35.5. The van der Waals surface area contributed by atoms with E-state index in [0.29, 0.717) is 17.2 Å². The normalized spacial score (nSPS) is 14.2. The molecule has 0 amide bonds. The second kappa shape index (κ2) is 6.65. The number of aryl methyl sites for hydroxylation is 1. The lowest BCUT2D eigenvalue weighted by molar-refractivity contribution is 0.500. The van der Waals surface area contributed by atoms with Gasteiger partial charge < -0.3 is 9.73 Å². The number of nitrogens with one attached hydrogen (secondary N) is 1. The molecule has 1 N–H and O–H groups in total. The van der Waals surface area contributed by atoms with Gasteiger partial charge in [0.05, 0.1) is 14.8 Å². The molecule has 0 radical (unpaired) electrons. The van der Waals surface area contributed by atoms with Crippen LogP contribution in [-0.2, 0) is 22.8 Å². The van der Waals surface area contributed by atoms with E-state index in [0.717, 1.165) is 35.2 Å². The molecule has 25 heavy (non-hydrogen) atoms. The molecule has 0 bridgehead atoms. The molecule has 1 aliphatic rings. The third-order valence-corrected chi connectivity index (χ3v) is 6.41. The van der Waals surface area contributed by atoms with Gasteiger partial charge in [0.25, 0.3) is 0 Å². The second-order valence-electron chi connectivity index (χ2n) is 6.03. The topological polar surface area (TPSA) is 59.3 Å². The van der Waals surface area contributed by atoms with Gasteiger partial charge in [0.15, 0.2) is 5.58 Å². The van der Waals surface area contributed by atoms with E-state index in [2.05, 4.69) is 5.32 Å². The Morgan fingerprint density at radius 2 is 1.84 bits per heavy atom. The Morgan fingerprint density at radius 1 is 1.12 bits per heavy atom. The van der Waals surface area contributed by atoms with Gasteiger partial charge in [0.2, 0.25) is 9.84 Å². The summed E-state index contributed by atoms with van der Waals surface area (Å²) in [5.41, 5.74) is 2.57. The molecule has 4 rings (SSSR count). The van der Waals surface area contributed by atoms with Crippen molar-refractivity contribution in [2.24, 2.45) is 0 Å². The second-order valence-corrected chi connectivity index (χ2v) is 8.39. The molecule has 0 saturated heterocycles. The average Bonchev–Trinajstić information content (AvgIpc) is 2.95. The third kappa shape index (κ3) is 3.06. The minimum absolute atomic E-state index is 0. The average molecular weight is 398 g/mol. The summed E-state index contributed by atoms with van der Waals surface area (Å²) in [6.07, 6.45) is 0.778. The standard InChI is InChI=1S/C18H16ClNO3S.ClH/c1-11-2-4-12(5-3-11)24(21,22)13-8-14-15-10-20-7-6-17(15)23-18(14)16(19)9-13;/h2-5,8-9,20H,6-7,10H2,1H3;1H. The zero-order valence-electron chi connectivity index (χ0n) is 13.5. The quantitative estimate of drug-likeness (QED) is 0.700. The number of rotatable bonds is 2. The first kappa shape index (κ1) is 18.3. The fourth-order valence-corrected chi connectivity index (χ4v) is 4.69. The Hall–Kier alpha value is -1.53. The van der Waals surface area contributed by atoms with E-state index in [-0.39, 0.29) is 22.2 Å². The summed E-state index contributed by atoms with van der Waals surface area (Å²) in [5, 5.41) is 4.38. The van der Waals surface area contributed by atoms with Crippen molar-refractivity contribution in [3.63, 3.8) is 0 Å². The molecule has 7 heteroatoms. The SMILES string of the molecule is Cc1ccc(S(=O)(=O)c2cc(Cl)c3oc4c(c3c2)CNCC4)cc1.Cl. The van der Waals surface area contributed by atoms with Crippen LogP contribution >= 0.6 is 24.0 Å². The van der Waals surface area contributed by atoms with Gasteiger partial charge >= 0.3 is 0 Å². The van der Waals surface area contributed by atoms with Crippen molar-refractivity contribution >= 4 is 44.8 Å². The lowest BCUT2D eigenvalue weighted by atomic mass is 10.1. The van der Waals surface area contributed by atoms with Crippen LogP contribution in [0.1, 0.15) is 16.9 Å². The van der Waals surface area contributed by atoms with Gasteiger partial charge in [0.1, 0.15) is 5.76 Å². The van der Waals surface area contributed by atoms with Crippen LogP contribution in [0, 0.1) is 6.92 Å². The van der Waals surface area contributed by atoms with Crippen LogP contribution in [0.15, 0.2) is 50.6 Å². The summed E-state index contributed by atoms with van der Waals surface area (Å²) < 4.78 is 31.7. The zero-order valence-corrected chi connectivity index (χ0v) is 15.9. The number of hydrogen-bond acceptors (Lipinski definition) is 4. The van der Waals surface area contributed by atoms with Crippen molar-refractivity contribution in [1.29, 1.82) is 0 Å². The van der Waals surface area contributed by atoms with Gasteiger partial charge in [-0.05, 0) is 31.2 Å². The van der Waals surface area contributed by atoms with E-state index in [1.54, 1.807) is 30.3 Å². The van der Waals surface area contributed by atoms with E-state index >= 15 is 0 Å². The van der Waals surface area contributed by atoms with Gasteiger partial charge in [-0.25, -0.2) is 8.42 Å². The van der Waals surface area contributed by atoms with Gasteiger partial charge in [-0.1, -0.05) is 29.3 Å². The molecule has 2 heterocycles. The van der Waals surface area contributed by atoms with Crippen molar-refractivity contribution in [3.05, 3.63) is 58.3 Å². The van der Waals surface area contributed by atoms with Crippen LogP contribution in [0.2, 0.25) is 5.02 Å². The van der Waals surface area contributed by atoms with Gasteiger partial charge in [-0.3, -0.25) is 0 Å². The molecule has 1 aromatic heterocycles. The van der Waals surface area contributed by atoms with Crippen molar-refractivity contribution in [2.45, 2.75) is 29.7 Å². The van der Waals surface area contributed by atoms with Gasteiger partial charge in [-0.2, -0.15) is 0 Å². The molecule has 0 aliphatic carbocycles. The highest BCUT2D eigenvalue weighted by molar-refractivity contribution is 7.91. The summed E-state index contributed by atoms with van der Waals surface area (Å²) in [5.74, 6) is 0.885. The maximum absolute atomic E-state index is 12.9. The van der Waals surface area contributed by atoms with Crippen LogP contribution in [0.25, 0.3) is 11.0 Å². The number of sulfone groups is 1. The molecule has 1 aliphatic heterocycles. The van der Waals surface area contributed by atoms with Gasteiger partial charge in [-0.15, -0.1) is 12.4 Å². The molecule has 0 fully saturated rings. The Labute approximate surface area is 157 Å². The van der Waals surface area contributed by atoms with Crippen LogP contribution in [0.3, 0.4) is 0 Å². The molecule has 0 unspecified atom stereocenters. The fraction of sp³-hybridized carbons (Fsp3) is 0.222. The van der Waals surface area contributed by atoms with E-state index in [1.165, 1.54) is 6.07 Å². The van der Waals surface area contributed by atoms with Crippen molar-refractivity contribution in [3.8, 4) is 0 Å². The number of hydrogen-bond donors (Lipinski definition) is 1. The molecule has 0 atom stereocenters. The molecule has 132 valence electrons. The Morgan fingerprint density at radius 3 is 2.56 bits per heavy atom. The predicted octanol–water partition coefficient (Wildman–Crippen LogP) is 4.29. The Kier molecular flexibility index (Phi) is 4.86. The van der Waals surface area contributed by atoms with E-state index in [9.17, 15) is 8.42 Å². The van der Waals surface area contributed by atoms with E-state index in [4.69, 9.17) is 16.0 Å². The first-order chi connectivity index (χ1) is 11.5. The van der Waals surface area contributed by atoms with Crippen LogP contribution < -0.4 is 5.32 Å². The smallest absolute Gasteiger partial charge is 0.206 e. The molecular formula is C18H17Cl2NO3S. The number of halogens is 2. The molecule has 0 saturated carbocycles. The maximum atomic E-state index is 12.9. The molecule has 4 nitrogen and oxygen atoms in total. The minimum Gasteiger partial charge on any atom is -0.459 e. The largest absolute Gasteiger partial charge is 0.459 e. The lowest BCUT2D eigenvalue weighted by Gasteiger charge is -2.11. The fourth-order valence-electron chi connectivity index (χ4n) is 3.05.